The Labute approximate surface area is 148 Å². The van der Waals surface area contributed by atoms with Crippen molar-refractivity contribution >= 4 is 72.5 Å². The van der Waals surface area contributed by atoms with Crippen molar-refractivity contribution in [1.29, 1.82) is 0 Å². The van der Waals surface area contributed by atoms with E-state index in [-0.39, 0.29) is 5.38 Å². The highest BCUT2D eigenvalue weighted by Crippen LogP contribution is 2.28. The number of alkyl halides is 1. The Kier molecular flexibility index (Phi) is 4.40. The second kappa shape index (κ2) is 5.94. The molecular formula is C14H11BrClIN2S. The van der Waals surface area contributed by atoms with Gasteiger partial charge in [0.2, 0.25) is 0 Å². The molecule has 3 aromatic rings. The van der Waals surface area contributed by atoms with Crippen LogP contribution in [0.2, 0.25) is 0 Å². The minimum atomic E-state index is -0.108. The van der Waals surface area contributed by atoms with Crippen LogP contribution in [-0.2, 0) is 6.54 Å². The second-order valence-corrected chi connectivity index (χ2v) is 8.35. The third kappa shape index (κ3) is 2.91. The minimum Gasteiger partial charge on any atom is -0.321 e. The first-order valence-corrected chi connectivity index (χ1v) is 9.26. The molecule has 0 aliphatic carbocycles. The molecule has 6 heteroatoms. The van der Waals surface area contributed by atoms with Gasteiger partial charge in [-0.05, 0) is 69.7 Å². The lowest BCUT2D eigenvalue weighted by Gasteiger charge is -2.09. The number of imidazole rings is 1. The Hall–Kier alpha value is -0.110. The quantitative estimate of drug-likeness (QED) is 0.341. The summed E-state index contributed by atoms with van der Waals surface area (Å²) in [5.41, 5.74) is 2.15. The van der Waals surface area contributed by atoms with Gasteiger partial charge in [0.05, 0.1) is 23.0 Å². The molecule has 1 atom stereocenters. The Morgan fingerprint density at radius 3 is 2.90 bits per heavy atom. The largest absolute Gasteiger partial charge is 0.321 e. The Balaban J connectivity index is 2.13. The number of thiophene rings is 1. The number of benzene rings is 1. The van der Waals surface area contributed by atoms with Crippen LogP contribution < -0.4 is 0 Å². The van der Waals surface area contributed by atoms with Gasteiger partial charge >= 0.3 is 0 Å². The van der Waals surface area contributed by atoms with Crippen LogP contribution in [0.3, 0.4) is 0 Å². The molecule has 0 saturated carbocycles. The minimum absolute atomic E-state index is 0.108. The van der Waals surface area contributed by atoms with E-state index in [4.69, 9.17) is 16.6 Å². The Morgan fingerprint density at radius 2 is 2.25 bits per heavy atom. The van der Waals surface area contributed by atoms with Gasteiger partial charge in [-0.2, -0.15) is 0 Å². The molecule has 0 fully saturated rings. The Bertz CT molecular complexity index is 766. The van der Waals surface area contributed by atoms with Gasteiger partial charge in [-0.3, -0.25) is 0 Å². The van der Waals surface area contributed by atoms with Crippen molar-refractivity contribution in [2.45, 2.75) is 18.8 Å². The van der Waals surface area contributed by atoms with Crippen LogP contribution in [0.4, 0.5) is 0 Å². The maximum atomic E-state index is 6.30. The highest BCUT2D eigenvalue weighted by Gasteiger charge is 2.15. The third-order valence-corrected chi connectivity index (χ3v) is 5.58. The van der Waals surface area contributed by atoms with Crippen LogP contribution in [0.1, 0.15) is 23.0 Å². The molecule has 0 N–H and O–H groups in total. The van der Waals surface area contributed by atoms with Crippen LogP contribution in [0.15, 0.2) is 34.1 Å². The molecule has 0 spiro atoms. The number of aromatic nitrogens is 2. The van der Waals surface area contributed by atoms with Gasteiger partial charge in [-0.25, -0.2) is 4.98 Å². The van der Waals surface area contributed by atoms with Crippen molar-refractivity contribution in [3.63, 3.8) is 0 Å². The normalized spacial score (nSPS) is 13.0. The molecule has 1 unspecified atom stereocenters. The number of rotatable bonds is 3. The van der Waals surface area contributed by atoms with Crippen LogP contribution in [0.5, 0.6) is 0 Å². The standard InChI is InChI=1S/C14H11BrClIN2S/c1-8(16)14-18-12-5-10(17)2-3-13(12)19(14)6-11-4-9(15)7-20-11/h2-5,7-8H,6H2,1H3. The predicted octanol–water partition coefficient (Wildman–Crippen LogP) is 5.81. The highest BCUT2D eigenvalue weighted by molar-refractivity contribution is 14.1. The van der Waals surface area contributed by atoms with Crippen LogP contribution in [0.25, 0.3) is 11.0 Å². The molecule has 3 rings (SSSR count). The lowest BCUT2D eigenvalue weighted by atomic mass is 10.3. The zero-order chi connectivity index (χ0) is 14.3. The summed E-state index contributed by atoms with van der Waals surface area (Å²) in [5.74, 6) is 0.924. The van der Waals surface area contributed by atoms with Gasteiger partial charge in [0, 0.05) is 18.3 Å². The van der Waals surface area contributed by atoms with E-state index in [0.717, 1.165) is 27.9 Å². The van der Waals surface area contributed by atoms with Crippen LogP contribution >= 0.6 is 61.5 Å². The molecule has 2 nitrogen and oxygen atoms in total. The van der Waals surface area contributed by atoms with Crippen molar-refractivity contribution in [1.82, 2.24) is 9.55 Å². The summed E-state index contributed by atoms with van der Waals surface area (Å²) >= 11 is 13.8. The van der Waals surface area contributed by atoms with E-state index in [2.05, 4.69) is 72.7 Å². The van der Waals surface area contributed by atoms with Gasteiger partial charge in [0.25, 0.3) is 0 Å². The van der Waals surface area contributed by atoms with E-state index in [1.54, 1.807) is 11.3 Å². The fourth-order valence-electron chi connectivity index (χ4n) is 2.18. The summed E-state index contributed by atoms with van der Waals surface area (Å²) in [7, 11) is 0. The van der Waals surface area contributed by atoms with Crippen molar-refractivity contribution < 1.29 is 0 Å². The maximum Gasteiger partial charge on any atom is 0.128 e. The third-order valence-electron chi connectivity index (χ3n) is 3.03. The lowest BCUT2D eigenvalue weighted by molar-refractivity contribution is 0.750. The average Bonchev–Trinajstić information content (AvgIpc) is 2.94. The maximum absolute atomic E-state index is 6.30. The summed E-state index contributed by atoms with van der Waals surface area (Å²) < 4.78 is 4.52. The number of fused-ring (bicyclic) bond motifs is 1. The van der Waals surface area contributed by atoms with E-state index < -0.39 is 0 Å². The van der Waals surface area contributed by atoms with Crippen LogP contribution in [0, 0.1) is 3.57 Å². The molecule has 20 heavy (non-hydrogen) atoms. The molecule has 0 saturated heterocycles. The summed E-state index contributed by atoms with van der Waals surface area (Å²) in [5, 5.41) is 1.99. The van der Waals surface area contributed by atoms with Gasteiger partial charge in [0.15, 0.2) is 0 Å². The van der Waals surface area contributed by atoms with Crippen molar-refractivity contribution in [3.05, 3.63) is 48.4 Å². The molecule has 1 aromatic carbocycles. The molecule has 0 bridgehead atoms. The molecule has 104 valence electrons. The average molecular weight is 482 g/mol. The zero-order valence-corrected chi connectivity index (χ0v) is 15.9. The predicted molar refractivity (Wildman–Crippen MR) is 97.8 cm³/mol. The summed E-state index contributed by atoms with van der Waals surface area (Å²) in [4.78, 5) is 5.98. The van der Waals surface area contributed by atoms with Crippen molar-refractivity contribution in [2.24, 2.45) is 0 Å². The summed E-state index contributed by atoms with van der Waals surface area (Å²) in [6.07, 6.45) is 0. The van der Waals surface area contributed by atoms with E-state index in [0.29, 0.717) is 0 Å². The molecule has 2 heterocycles. The first-order chi connectivity index (χ1) is 9.54. The smallest absolute Gasteiger partial charge is 0.128 e. The Morgan fingerprint density at radius 1 is 1.45 bits per heavy atom. The van der Waals surface area contributed by atoms with E-state index in [1.165, 1.54) is 8.45 Å². The van der Waals surface area contributed by atoms with E-state index >= 15 is 0 Å². The van der Waals surface area contributed by atoms with Gasteiger partial charge < -0.3 is 4.57 Å². The number of nitrogens with zero attached hydrogens (tertiary/aromatic N) is 2. The molecule has 2 aromatic heterocycles. The molecule has 0 radical (unpaired) electrons. The highest BCUT2D eigenvalue weighted by atomic mass is 127. The fourth-order valence-corrected chi connectivity index (χ4v) is 4.26. The van der Waals surface area contributed by atoms with Crippen molar-refractivity contribution in [3.8, 4) is 0 Å². The topological polar surface area (TPSA) is 17.8 Å². The van der Waals surface area contributed by atoms with Gasteiger partial charge in [-0.15, -0.1) is 22.9 Å². The molecular weight excluding hydrogens is 470 g/mol. The number of halogens is 3. The van der Waals surface area contributed by atoms with E-state index in [1.807, 2.05) is 6.92 Å². The van der Waals surface area contributed by atoms with E-state index in [9.17, 15) is 0 Å². The SMILES string of the molecule is CC(Cl)c1nc2cc(I)ccc2n1Cc1cc(Br)cs1. The summed E-state index contributed by atoms with van der Waals surface area (Å²) in [6, 6.07) is 8.47. The lowest BCUT2D eigenvalue weighted by Crippen LogP contribution is -2.04. The number of hydrogen-bond donors (Lipinski definition) is 0. The second-order valence-electron chi connectivity index (χ2n) is 4.54. The molecule has 0 aliphatic rings. The van der Waals surface area contributed by atoms with Crippen LogP contribution in [-0.4, -0.2) is 9.55 Å². The fraction of sp³-hybridized carbons (Fsp3) is 0.214. The first kappa shape index (κ1) is 14.8. The summed E-state index contributed by atoms with van der Waals surface area (Å²) in [6.45, 7) is 2.77. The van der Waals surface area contributed by atoms with Crippen molar-refractivity contribution in [2.75, 3.05) is 0 Å². The van der Waals surface area contributed by atoms with Gasteiger partial charge in [0.1, 0.15) is 5.82 Å². The zero-order valence-electron chi connectivity index (χ0n) is 10.6. The van der Waals surface area contributed by atoms with Gasteiger partial charge in [-0.1, -0.05) is 0 Å². The first-order valence-electron chi connectivity index (χ1n) is 6.07. The monoisotopic (exact) mass is 480 g/mol. The number of hydrogen-bond acceptors (Lipinski definition) is 2. The molecule has 0 amide bonds. The molecule has 0 aliphatic heterocycles.